The van der Waals surface area contributed by atoms with E-state index in [-0.39, 0.29) is 5.41 Å². The number of hydrogen-bond acceptors (Lipinski definition) is 0. The first kappa shape index (κ1) is 14.8. The van der Waals surface area contributed by atoms with Gasteiger partial charge in [-0.2, -0.15) is 0 Å². The Balaban J connectivity index is 0.00000106. The minimum absolute atomic E-state index is 0.233. The quantitative estimate of drug-likeness (QED) is 0.548. The molecule has 0 aliphatic rings. The maximum atomic E-state index is 3.12. The van der Waals surface area contributed by atoms with Gasteiger partial charge in [0.2, 0.25) is 0 Å². The molecule has 88 valence electrons. The summed E-state index contributed by atoms with van der Waals surface area (Å²) in [4.78, 5) is 0. The molecule has 0 unspecified atom stereocenters. The standard InChI is InChI=1S/C14H18.C2H6/c1-5-6-7-12-8-10-13(11-9-12)14(2,3)4;1-2/h8-11H,5H2,1-4H3;1-2H3. The average Bonchev–Trinajstić information content (AvgIpc) is 2.28. The van der Waals surface area contributed by atoms with Crippen molar-refractivity contribution in [3.63, 3.8) is 0 Å². The maximum Gasteiger partial charge on any atom is 0.0245 e. The van der Waals surface area contributed by atoms with E-state index in [0.717, 1.165) is 12.0 Å². The van der Waals surface area contributed by atoms with Gasteiger partial charge < -0.3 is 0 Å². The fourth-order valence-electron chi connectivity index (χ4n) is 1.24. The highest BCUT2D eigenvalue weighted by molar-refractivity contribution is 5.37. The van der Waals surface area contributed by atoms with Crippen molar-refractivity contribution >= 4 is 0 Å². The first-order chi connectivity index (χ1) is 7.54. The summed E-state index contributed by atoms with van der Waals surface area (Å²) in [5.74, 6) is 6.20. The second-order valence-electron chi connectivity index (χ2n) is 4.48. The van der Waals surface area contributed by atoms with Crippen molar-refractivity contribution in [1.82, 2.24) is 0 Å². The lowest BCUT2D eigenvalue weighted by molar-refractivity contribution is 0.590. The molecule has 0 spiro atoms. The molecule has 0 amide bonds. The lowest BCUT2D eigenvalue weighted by Gasteiger charge is -2.18. The molecule has 16 heavy (non-hydrogen) atoms. The van der Waals surface area contributed by atoms with Gasteiger partial charge in [0.25, 0.3) is 0 Å². The van der Waals surface area contributed by atoms with Crippen molar-refractivity contribution < 1.29 is 0 Å². The summed E-state index contributed by atoms with van der Waals surface area (Å²) in [5, 5.41) is 0. The van der Waals surface area contributed by atoms with Crippen molar-refractivity contribution in [2.75, 3.05) is 0 Å². The zero-order chi connectivity index (χ0) is 12.6. The summed E-state index contributed by atoms with van der Waals surface area (Å²) in [6.45, 7) is 12.7. The molecule has 0 aliphatic carbocycles. The Bertz CT molecular complexity index is 338. The van der Waals surface area contributed by atoms with Gasteiger partial charge in [-0.05, 0) is 23.1 Å². The number of rotatable bonds is 0. The van der Waals surface area contributed by atoms with Crippen LogP contribution in [0, 0.1) is 11.8 Å². The molecule has 0 atom stereocenters. The van der Waals surface area contributed by atoms with Gasteiger partial charge in [0.15, 0.2) is 0 Å². The second kappa shape index (κ2) is 7.12. The van der Waals surface area contributed by atoms with Gasteiger partial charge in [0.05, 0.1) is 0 Å². The second-order valence-corrected chi connectivity index (χ2v) is 4.48. The SMILES string of the molecule is CC.CCC#Cc1ccc(C(C)(C)C)cc1. The van der Waals surface area contributed by atoms with Crippen LogP contribution in [0.3, 0.4) is 0 Å². The van der Waals surface area contributed by atoms with Crippen molar-refractivity contribution in [1.29, 1.82) is 0 Å². The summed E-state index contributed by atoms with van der Waals surface area (Å²) in [6, 6.07) is 8.53. The molecule has 0 nitrogen and oxygen atoms in total. The van der Waals surface area contributed by atoms with E-state index in [9.17, 15) is 0 Å². The van der Waals surface area contributed by atoms with Crippen LogP contribution in [0.25, 0.3) is 0 Å². The average molecular weight is 216 g/mol. The van der Waals surface area contributed by atoms with E-state index in [4.69, 9.17) is 0 Å². The van der Waals surface area contributed by atoms with Crippen LogP contribution in [0.1, 0.15) is 59.1 Å². The smallest absolute Gasteiger partial charge is 0.0245 e. The molecule has 0 aromatic heterocycles. The van der Waals surface area contributed by atoms with Gasteiger partial charge in [0, 0.05) is 12.0 Å². The largest absolute Gasteiger partial charge is 0.0982 e. The Kier molecular flexibility index (Phi) is 6.58. The molecule has 0 heteroatoms. The van der Waals surface area contributed by atoms with Gasteiger partial charge in [-0.1, -0.05) is 65.5 Å². The summed E-state index contributed by atoms with van der Waals surface area (Å²) in [6.07, 6.45) is 0.918. The molecule has 0 saturated carbocycles. The number of hydrogen-bond donors (Lipinski definition) is 0. The summed E-state index contributed by atoms with van der Waals surface area (Å²) in [5.41, 5.74) is 2.70. The maximum absolute atomic E-state index is 3.12. The van der Waals surface area contributed by atoms with E-state index in [2.05, 4.69) is 63.8 Å². The van der Waals surface area contributed by atoms with E-state index >= 15 is 0 Å². The van der Waals surface area contributed by atoms with Crippen LogP contribution in [0.15, 0.2) is 24.3 Å². The van der Waals surface area contributed by atoms with Crippen molar-refractivity contribution in [2.45, 2.75) is 53.4 Å². The zero-order valence-electron chi connectivity index (χ0n) is 11.5. The topological polar surface area (TPSA) is 0 Å². The molecule has 0 fully saturated rings. The molecule has 0 bridgehead atoms. The highest BCUT2D eigenvalue weighted by Gasteiger charge is 2.12. The molecular weight excluding hydrogens is 192 g/mol. The van der Waals surface area contributed by atoms with E-state index < -0.39 is 0 Å². The highest BCUT2D eigenvalue weighted by Crippen LogP contribution is 2.21. The van der Waals surface area contributed by atoms with Crippen molar-refractivity contribution in [2.24, 2.45) is 0 Å². The summed E-state index contributed by atoms with van der Waals surface area (Å²) < 4.78 is 0. The molecule has 1 aromatic carbocycles. The van der Waals surface area contributed by atoms with E-state index in [1.165, 1.54) is 5.56 Å². The van der Waals surface area contributed by atoms with Crippen molar-refractivity contribution in [3.05, 3.63) is 35.4 Å². The molecule has 0 heterocycles. The fourth-order valence-corrected chi connectivity index (χ4v) is 1.24. The van der Waals surface area contributed by atoms with Gasteiger partial charge in [-0.3, -0.25) is 0 Å². The predicted octanol–water partition coefficient (Wildman–Crippen LogP) is 4.77. The van der Waals surface area contributed by atoms with E-state index in [0.29, 0.717) is 0 Å². The number of benzene rings is 1. The van der Waals surface area contributed by atoms with Crippen LogP contribution in [-0.4, -0.2) is 0 Å². The van der Waals surface area contributed by atoms with Gasteiger partial charge in [-0.25, -0.2) is 0 Å². The molecule has 1 rings (SSSR count). The Labute approximate surface area is 101 Å². The van der Waals surface area contributed by atoms with Crippen LogP contribution in [0.2, 0.25) is 0 Å². The minimum Gasteiger partial charge on any atom is -0.0982 e. The summed E-state index contributed by atoms with van der Waals surface area (Å²) in [7, 11) is 0. The Morgan fingerprint density at radius 3 is 1.88 bits per heavy atom. The van der Waals surface area contributed by atoms with Crippen LogP contribution in [0.5, 0.6) is 0 Å². The van der Waals surface area contributed by atoms with Gasteiger partial charge >= 0.3 is 0 Å². The van der Waals surface area contributed by atoms with Crippen LogP contribution in [-0.2, 0) is 5.41 Å². The molecule has 0 aliphatic heterocycles. The van der Waals surface area contributed by atoms with Crippen LogP contribution >= 0.6 is 0 Å². The Morgan fingerprint density at radius 2 is 1.50 bits per heavy atom. The molecular formula is C16H24. The monoisotopic (exact) mass is 216 g/mol. The molecule has 0 saturated heterocycles. The normalized spacial score (nSPS) is 9.62. The fraction of sp³-hybridized carbons (Fsp3) is 0.500. The summed E-state index contributed by atoms with van der Waals surface area (Å²) >= 11 is 0. The molecule has 0 N–H and O–H groups in total. The highest BCUT2D eigenvalue weighted by atomic mass is 14.2. The van der Waals surface area contributed by atoms with Crippen molar-refractivity contribution in [3.8, 4) is 11.8 Å². The third-order valence-electron chi connectivity index (χ3n) is 2.16. The Morgan fingerprint density at radius 1 is 1.00 bits per heavy atom. The molecule has 0 radical (unpaired) electrons. The zero-order valence-corrected chi connectivity index (χ0v) is 11.5. The predicted molar refractivity (Wildman–Crippen MR) is 73.7 cm³/mol. The Hall–Kier alpha value is -1.22. The van der Waals surface area contributed by atoms with Crippen LogP contribution in [0.4, 0.5) is 0 Å². The van der Waals surface area contributed by atoms with E-state index in [1.54, 1.807) is 0 Å². The first-order valence-electron chi connectivity index (χ1n) is 6.13. The van der Waals surface area contributed by atoms with E-state index in [1.807, 2.05) is 13.8 Å². The van der Waals surface area contributed by atoms with Gasteiger partial charge in [-0.15, -0.1) is 0 Å². The van der Waals surface area contributed by atoms with Gasteiger partial charge in [0.1, 0.15) is 0 Å². The van der Waals surface area contributed by atoms with Crippen LogP contribution < -0.4 is 0 Å². The lowest BCUT2D eigenvalue weighted by Crippen LogP contribution is -2.10. The lowest BCUT2D eigenvalue weighted by atomic mass is 9.87. The molecule has 1 aromatic rings. The minimum atomic E-state index is 0.233. The first-order valence-corrected chi connectivity index (χ1v) is 6.13. The third kappa shape index (κ3) is 5.03. The third-order valence-corrected chi connectivity index (χ3v) is 2.16.